The highest BCUT2D eigenvalue weighted by molar-refractivity contribution is 6.41. The van der Waals surface area contributed by atoms with Gasteiger partial charge in [0.1, 0.15) is 5.15 Å². The predicted molar refractivity (Wildman–Crippen MR) is 69.9 cm³/mol. The van der Waals surface area contributed by atoms with E-state index in [1.165, 1.54) is 12.3 Å². The molecule has 2 unspecified atom stereocenters. The second-order valence-corrected chi connectivity index (χ2v) is 5.35. The van der Waals surface area contributed by atoms with Gasteiger partial charge in [-0.25, -0.2) is 4.98 Å². The highest BCUT2D eigenvalue weighted by atomic mass is 35.5. The smallest absolute Gasteiger partial charge is 0.255 e. The number of carbonyl (C=O) groups is 1. The molecule has 1 aliphatic rings. The summed E-state index contributed by atoms with van der Waals surface area (Å²) in [5, 5.41) is 10.2. The van der Waals surface area contributed by atoms with Crippen molar-refractivity contribution >= 4 is 29.1 Å². The van der Waals surface area contributed by atoms with Crippen molar-refractivity contribution in [1.29, 1.82) is 0 Å². The molecule has 18 heavy (non-hydrogen) atoms. The molecule has 1 N–H and O–H groups in total. The molecule has 1 aromatic heterocycles. The second-order valence-electron chi connectivity index (χ2n) is 4.58. The molecule has 0 saturated carbocycles. The molecule has 1 saturated heterocycles. The van der Waals surface area contributed by atoms with Crippen LogP contribution in [-0.2, 0) is 0 Å². The molecule has 0 aromatic carbocycles. The van der Waals surface area contributed by atoms with Crippen molar-refractivity contribution in [2.45, 2.75) is 19.4 Å². The maximum atomic E-state index is 12.2. The number of pyridine rings is 1. The van der Waals surface area contributed by atoms with Crippen LogP contribution in [-0.4, -0.2) is 40.1 Å². The average molecular weight is 289 g/mol. The monoisotopic (exact) mass is 288 g/mol. The van der Waals surface area contributed by atoms with Crippen molar-refractivity contribution in [3.05, 3.63) is 28.0 Å². The Labute approximate surface area is 116 Å². The Balaban J connectivity index is 2.14. The lowest BCUT2D eigenvalue weighted by Crippen LogP contribution is -2.45. The molecule has 98 valence electrons. The summed E-state index contributed by atoms with van der Waals surface area (Å²) in [6.07, 6.45) is 1.72. The summed E-state index contributed by atoms with van der Waals surface area (Å²) >= 11 is 11.5. The fourth-order valence-corrected chi connectivity index (χ4v) is 2.22. The summed E-state index contributed by atoms with van der Waals surface area (Å²) < 4.78 is 0. The average Bonchev–Trinajstić information content (AvgIpc) is 2.35. The van der Waals surface area contributed by atoms with Gasteiger partial charge in [-0.2, -0.15) is 0 Å². The van der Waals surface area contributed by atoms with Gasteiger partial charge in [0.2, 0.25) is 0 Å². The number of likely N-dealkylation sites (tertiary alicyclic amines) is 1. The quantitative estimate of drug-likeness (QED) is 0.807. The summed E-state index contributed by atoms with van der Waals surface area (Å²) in [5.41, 5.74) is 0.395. The van der Waals surface area contributed by atoms with E-state index in [9.17, 15) is 9.90 Å². The number of β-amino-alcohol motifs (C(OH)–C–C–N with tert-alkyl or cyclic N) is 1. The molecule has 1 amide bonds. The lowest BCUT2D eigenvalue weighted by atomic mass is 9.96. The van der Waals surface area contributed by atoms with Gasteiger partial charge in [-0.1, -0.05) is 30.1 Å². The van der Waals surface area contributed by atoms with Crippen molar-refractivity contribution in [2.24, 2.45) is 5.92 Å². The van der Waals surface area contributed by atoms with Crippen LogP contribution in [0.4, 0.5) is 0 Å². The number of aromatic nitrogens is 1. The van der Waals surface area contributed by atoms with Gasteiger partial charge in [0.25, 0.3) is 5.91 Å². The first-order valence-electron chi connectivity index (χ1n) is 5.77. The van der Waals surface area contributed by atoms with Crippen LogP contribution in [0.1, 0.15) is 23.7 Å². The summed E-state index contributed by atoms with van der Waals surface area (Å²) in [5.74, 6) is 0.0491. The summed E-state index contributed by atoms with van der Waals surface area (Å²) in [6.45, 7) is 2.96. The van der Waals surface area contributed by atoms with Crippen LogP contribution in [0.15, 0.2) is 12.3 Å². The van der Waals surface area contributed by atoms with E-state index in [2.05, 4.69) is 4.98 Å². The van der Waals surface area contributed by atoms with Gasteiger partial charge in [-0.05, 0) is 18.4 Å². The molecule has 6 heteroatoms. The summed E-state index contributed by atoms with van der Waals surface area (Å²) in [4.78, 5) is 17.7. The van der Waals surface area contributed by atoms with Crippen LogP contribution in [0.25, 0.3) is 0 Å². The van der Waals surface area contributed by atoms with E-state index >= 15 is 0 Å². The molecule has 0 bridgehead atoms. The molecule has 2 atom stereocenters. The first-order valence-corrected chi connectivity index (χ1v) is 6.53. The number of piperidine rings is 1. The van der Waals surface area contributed by atoms with E-state index in [1.54, 1.807) is 4.90 Å². The van der Waals surface area contributed by atoms with Crippen molar-refractivity contribution in [3.63, 3.8) is 0 Å². The van der Waals surface area contributed by atoms with Crippen LogP contribution < -0.4 is 0 Å². The fraction of sp³-hybridized carbons (Fsp3) is 0.500. The van der Waals surface area contributed by atoms with Gasteiger partial charge >= 0.3 is 0 Å². The van der Waals surface area contributed by atoms with Gasteiger partial charge in [0, 0.05) is 19.3 Å². The standard InChI is InChI=1S/C12H14Cl2N2O2/c1-7-2-3-16(6-10(7)17)12(18)8-4-9(13)11(14)15-5-8/h4-5,7,10,17H,2-3,6H2,1H3. The van der Waals surface area contributed by atoms with Crippen LogP contribution >= 0.6 is 23.2 Å². The number of carbonyl (C=O) groups excluding carboxylic acids is 1. The van der Waals surface area contributed by atoms with Crippen molar-refractivity contribution in [1.82, 2.24) is 9.88 Å². The summed E-state index contributed by atoms with van der Waals surface area (Å²) in [7, 11) is 0. The van der Waals surface area contributed by atoms with Crippen LogP contribution in [0.2, 0.25) is 10.2 Å². The van der Waals surface area contributed by atoms with Gasteiger partial charge in [-0.3, -0.25) is 4.79 Å². The first kappa shape index (κ1) is 13.6. The Hall–Kier alpha value is -0.840. The highest BCUT2D eigenvalue weighted by Crippen LogP contribution is 2.22. The highest BCUT2D eigenvalue weighted by Gasteiger charge is 2.28. The minimum atomic E-state index is -0.474. The third-order valence-electron chi connectivity index (χ3n) is 3.25. The molecular weight excluding hydrogens is 275 g/mol. The number of hydrogen-bond donors (Lipinski definition) is 1. The van der Waals surface area contributed by atoms with E-state index in [0.29, 0.717) is 18.7 Å². The van der Waals surface area contributed by atoms with Crippen molar-refractivity contribution < 1.29 is 9.90 Å². The zero-order valence-corrected chi connectivity index (χ0v) is 11.4. The fourth-order valence-electron chi connectivity index (χ4n) is 1.95. The second kappa shape index (κ2) is 5.43. The van der Waals surface area contributed by atoms with Gasteiger partial charge in [-0.15, -0.1) is 0 Å². The first-order chi connectivity index (χ1) is 8.49. The number of halogens is 2. The lowest BCUT2D eigenvalue weighted by Gasteiger charge is -2.34. The minimum absolute atomic E-state index is 0.174. The van der Waals surface area contributed by atoms with E-state index in [0.717, 1.165) is 6.42 Å². The van der Waals surface area contributed by atoms with Crippen molar-refractivity contribution in [2.75, 3.05) is 13.1 Å². The van der Waals surface area contributed by atoms with E-state index in [-0.39, 0.29) is 22.0 Å². The molecule has 1 fully saturated rings. The lowest BCUT2D eigenvalue weighted by molar-refractivity contribution is 0.0248. The third kappa shape index (κ3) is 2.76. The number of nitrogens with zero attached hydrogens (tertiary/aromatic N) is 2. The Morgan fingerprint density at radius 2 is 2.28 bits per heavy atom. The Kier molecular flexibility index (Phi) is 4.10. The van der Waals surface area contributed by atoms with Crippen LogP contribution in [0, 0.1) is 5.92 Å². The molecule has 1 aromatic rings. The van der Waals surface area contributed by atoms with E-state index in [4.69, 9.17) is 23.2 Å². The number of hydrogen-bond acceptors (Lipinski definition) is 3. The van der Waals surface area contributed by atoms with Crippen LogP contribution in [0.5, 0.6) is 0 Å². The zero-order chi connectivity index (χ0) is 13.3. The zero-order valence-electron chi connectivity index (χ0n) is 9.94. The molecule has 2 heterocycles. The van der Waals surface area contributed by atoms with E-state index in [1.807, 2.05) is 6.92 Å². The molecule has 0 spiro atoms. The molecule has 4 nitrogen and oxygen atoms in total. The molecule has 0 aliphatic carbocycles. The summed E-state index contributed by atoms with van der Waals surface area (Å²) in [6, 6.07) is 1.50. The molecule has 1 aliphatic heterocycles. The minimum Gasteiger partial charge on any atom is -0.391 e. The maximum absolute atomic E-state index is 12.2. The number of amides is 1. The van der Waals surface area contributed by atoms with Crippen LogP contribution in [0.3, 0.4) is 0 Å². The number of aliphatic hydroxyl groups excluding tert-OH is 1. The predicted octanol–water partition coefficient (Wildman–Crippen LogP) is 2.23. The Morgan fingerprint density at radius 3 is 2.89 bits per heavy atom. The normalized spacial score (nSPS) is 24.1. The molecular formula is C12H14Cl2N2O2. The van der Waals surface area contributed by atoms with Gasteiger partial charge in [0.05, 0.1) is 16.7 Å². The van der Waals surface area contributed by atoms with Gasteiger partial charge in [0.15, 0.2) is 0 Å². The van der Waals surface area contributed by atoms with Crippen molar-refractivity contribution in [3.8, 4) is 0 Å². The van der Waals surface area contributed by atoms with Gasteiger partial charge < -0.3 is 10.0 Å². The third-order valence-corrected chi connectivity index (χ3v) is 3.94. The Bertz CT molecular complexity index is 467. The SMILES string of the molecule is CC1CCN(C(=O)c2cnc(Cl)c(Cl)c2)CC1O. The molecule has 2 rings (SSSR count). The number of rotatable bonds is 1. The topological polar surface area (TPSA) is 53.4 Å². The maximum Gasteiger partial charge on any atom is 0.255 e. The van der Waals surface area contributed by atoms with E-state index < -0.39 is 6.10 Å². The molecule has 0 radical (unpaired) electrons. The Morgan fingerprint density at radius 1 is 1.56 bits per heavy atom. The largest absolute Gasteiger partial charge is 0.391 e. The number of aliphatic hydroxyl groups is 1.